The van der Waals surface area contributed by atoms with E-state index in [1.165, 1.54) is 35.4 Å². The van der Waals surface area contributed by atoms with Crippen LogP contribution in [0.2, 0.25) is 0 Å². The Kier molecular flexibility index (Phi) is 5.75. The first-order chi connectivity index (χ1) is 13.7. The summed E-state index contributed by atoms with van der Waals surface area (Å²) in [4.78, 5) is 14.8. The Morgan fingerprint density at radius 3 is 2.46 bits per heavy atom. The van der Waals surface area contributed by atoms with Crippen molar-refractivity contribution in [1.29, 1.82) is 0 Å². The molecular formula is C24H27FN2O. The minimum Gasteiger partial charge on any atom is -0.371 e. The van der Waals surface area contributed by atoms with Gasteiger partial charge in [-0.15, -0.1) is 0 Å². The summed E-state index contributed by atoms with van der Waals surface area (Å²) >= 11 is 0. The Hall–Kier alpha value is -2.62. The molecule has 1 N–H and O–H groups in total. The maximum absolute atomic E-state index is 13.0. The van der Waals surface area contributed by atoms with Gasteiger partial charge in [0.25, 0.3) is 5.91 Å². The van der Waals surface area contributed by atoms with Crippen LogP contribution in [0.25, 0.3) is 0 Å². The average molecular weight is 378 g/mol. The highest BCUT2D eigenvalue weighted by molar-refractivity contribution is 5.94. The topological polar surface area (TPSA) is 32.3 Å². The smallest absolute Gasteiger partial charge is 0.251 e. The van der Waals surface area contributed by atoms with E-state index in [1.54, 1.807) is 0 Å². The number of benzene rings is 1. The molecule has 1 aromatic rings. The number of amides is 1. The van der Waals surface area contributed by atoms with Gasteiger partial charge in [-0.05, 0) is 80.0 Å². The molecule has 1 amide bonds. The van der Waals surface area contributed by atoms with Crippen molar-refractivity contribution < 1.29 is 9.18 Å². The lowest BCUT2D eigenvalue weighted by Gasteiger charge is -2.37. The molecule has 0 spiro atoms. The van der Waals surface area contributed by atoms with Crippen LogP contribution in [0.3, 0.4) is 0 Å². The van der Waals surface area contributed by atoms with E-state index < -0.39 is 0 Å². The van der Waals surface area contributed by atoms with Crippen LogP contribution in [0.5, 0.6) is 0 Å². The molecule has 4 rings (SSSR count). The van der Waals surface area contributed by atoms with Crippen LogP contribution >= 0.6 is 0 Å². The molecule has 0 aromatic heterocycles. The zero-order chi connectivity index (χ0) is 19.3. The lowest BCUT2D eigenvalue weighted by Crippen LogP contribution is -2.42. The predicted molar refractivity (Wildman–Crippen MR) is 110 cm³/mol. The number of carbonyl (C=O) groups excluding carboxylic acids is 1. The molecule has 0 radical (unpaired) electrons. The number of hydrogen-bond acceptors (Lipinski definition) is 2. The summed E-state index contributed by atoms with van der Waals surface area (Å²) in [7, 11) is 0. The van der Waals surface area contributed by atoms with Gasteiger partial charge >= 0.3 is 0 Å². The summed E-state index contributed by atoms with van der Waals surface area (Å²) in [6.45, 7) is 0.962. The van der Waals surface area contributed by atoms with Crippen LogP contribution in [-0.2, 0) is 0 Å². The zero-order valence-electron chi connectivity index (χ0n) is 16.1. The minimum atomic E-state index is -0.319. The number of carbonyl (C=O) groups is 1. The fraction of sp³-hybridized carbons (Fsp3) is 0.375. The highest BCUT2D eigenvalue weighted by Crippen LogP contribution is 2.28. The first-order valence-electron chi connectivity index (χ1n) is 10.2. The van der Waals surface area contributed by atoms with Crippen LogP contribution < -0.4 is 5.32 Å². The second-order valence-electron chi connectivity index (χ2n) is 7.80. The van der Waals surface area contributed by atoms with Crippen LogP contribution in [0, 0.1) is 5.82 Å². The molecule has 3 aliphatic rings. The molecule has 1 aromatic carbocycles. The Balaban J connectivity index is 1.25. The van der Waals surface area contributed by atoms with Crippen molar-refractivity contribution in [2.24, 2.45) is 0 Å². The summed E-state index contributed by atoms with van der Waals surface area (Å²) in [5.74, 6) is -0.427. The molecular weight excluding hydrogens is 351 g/mol. The molecule has 0 bridgehead atoms. The minimum absolute atomic E-state index is 0.108. The van der Waals surface area contributed by atoms with Crippen molar-refractivity contribution in [2.75, 3.05) is 6.54 Å². The maximum atomic E-state index is 13.0. The first-order valence-corrected chi connectivity index (χ1v) is 10.2. The summed E-state index contributed by atoms with van der Waals surface area (Å²) in [6, 6.07) is 6.47. The summed E-state index contributed by atoms with van der Waals surface area (Å²) in [6.07, 6.45) is 19.8. The monoisotopic (exact) mass is 378 g/mol. The lowest BCUT2D eigenvalue weighted by atomic mass is 9.89. The molecule has 1 saturated carbocycles. The molecule has 0 saturated heterocycles. The Morgan fingerprint density at radius 2 is 1.82 bits per heavy atom. The highest BCUT2D eigenvalue weighted by atomic mass is 19.1. The third-order valence-corrected chi connectivity index (χ3v) is 5.95. The van der Waals surface area contributed by atoms with Gasteiger partial charge in [-0.2, -0.15) is 0 Å². The molecule has 28 heavy (non-hydrogen) atoms. The molecule has 2 aliphatic carbocycles. The molecule has 0 atom stereocenters. The SMILES string of the molecule is O=C(NC1CCC(N2C=CC(C3=CCC=CC3)=CC2)CC1)c1ccc(F)cc1. The standard InChI is InChI=1S/C24H27FN2O/c25-21-8-6-20(7-9-21)24(28)26-22-10-12-23(13-11-22)27-16-14-19(15-17-27)18-4-2-1-3-5-18/h1-2,5-9,14-16,22-23H,3-4,10-13,17H2,(H,26,28). The first kappa shape index (κ1) is 18.7. The van der Waals surface area contributed by atoms with Gasteiger partial charge in [0.1, 0.15) is 5.82 Å². The van der Waals surface area contributed by atoms with E-state index in [0.717, 1.165) is 45.1 Å². The molecule has 0 unspecified atom stereocenters. The number of rotatable bonds is 4. The largest absolute Gasteiger partial charge is 0.371 e. The predicted octanol–water partition coefficient (Wildman–Crippen LogP) is 4.90. The molecule has 1 fully saturated rings. The van der Waals surface area contributed by atoms with E-state index in [0.29, 0.717) is 11.6 Å². The fourth-order valence-electron chi connectivity index (χ4n) is 4.28. The van der Waals surface area contributed by atoms with Crippen LogP contribution in [-0.4, -0.2) is 29.4 Å². The number of nitrogens with one attached hydrogen (secondary N) is 1. The van der Waals surface area contributed by atoms with Gasteiger partial charge in [0.15, 0.2) is 0 Å². The third kappa shape index (κ3) is 4.44. The van der Waals surface area contributed by atoms with Crippen molar-refractivity contribution in [2.45, 2.75) is 50.6 Å². The summed E-state index contributed by atoms with van der Waals surface area (Å²) in [5, 5.41) is 3.10. The van der Waals surface area contributed by atoms with Crippen molar-refractivity contribution >= 4 is 5.91 Å². The number of nitrogens with zero attached hydrogens (tertiary/aromatic N) is 1. The quantitative estimate of drug-likeness (QED) is 0.756. The Bertz CT molecular complexity index is 827. The number of hydrogen-bond donors (Lipinski definition) is 1. The summed E-state index contributed by atoms with van der Waals surface area (Å²) < 4.78 is 13.0. The van der Waals surface area contributed by atoms with Gasteiger partial charge in [0.2, 0.25) is 0 Å². The van der Waals surface area contributed by atoms with Gasteiger partial charge in [-0.25, -0.2) is 4.39 Å². The van der Waals surface area contributed by atoms with Crippen molar-refractivity contribution in [3.05, 3.63) is 83.4 Å². The van der Waals surface area contributed by atoms with E-state index in [4.69, 9.17) is 0 Å². The van der Waals surface area contributed by atoms with Gasteiger partial charge < -0.3 is 10.2 Å². The second kappa shape index (κ2) is 8.59. The van der Waals surface area contributed by atoms with Crippen LogP contribution in [0.4, 0.5) is 4.39 Å². The van der Waals surface area contributed by atoms with E-state index >= 15 is 0 Å². The third-order valence-electron chi connectivity index (χ3n) is 5.95. The van der Waals surface area contributed by atoms with Crippen molar-refractivity contribution in [3.63, 3.8) is 0 Å². The molecule has 146 valence electrons. The van der Waals surface area contributed by atoms with E-state index in [2.05, 4.69) is 46.8 Å². The average Bonchev–Trinajstić information content (AvgIpc) is 2.75. The number of allylic oxidation sites excluding steroid dienone is 6. The maximum Gasteiger partial charge on any atom is 0.251 e. The van der Waals surface area contributed by atoms with Gasteiger partial charge in [0.05, 0.1) is 0 Å². The Labute approximate surface area is 166 Å². The van der Waals surface area contributed by atoms with E-state index in [9.17, 15) is 9.18 Å². The molecule has 4 heteroatoms. The highest BCUT2D eigenvalue weighted by Gasteiger charge is 2.26. The van der Waals surface area contributed by atoms with Crippen LogP contribution in [0.15, 0.2) is 72.0 Å². The van der Waals surface area contributed by atoms with Crippen molar-refractivity contribution in [1.82, 2.24) is 10.2 Å². The second-order valence-corrected chi connectivity index (χ2v) is 7.80. The van der Waals surface area contributed by atoms with Gasteiger partial charge in [-0.1, -0.05) is 24.3 Å². The Morgan fingerprint density at radius 1 is 1.04 bits per heavy atom. The molecule has 1 heterocycles. The molecule has 1 aliphatic heterocycles. The fourth-order valence-corrected chi connectivity index (χ4v) is 4.28. The van der Waals surface area contributed by atoms with E-state index in [-0.39, 0.29) is 17.8 Å². The van der Waals surface area contributed by atoms with Gasteiger partial charge in [-0.3, -0.25) is 4.79 Å². The van der Waals surface area contributed by atoms with Crippen molar-refractivity contribution in [3.8, 4) is 0 Å². The normalized spacial score (nSPS) is 24.5. The van der Waals surface area contributed by atoms with E-state index in [1.807, 2.05) is 0 Å². The lowest BCUT2D eigenvalue weighted by molar-refractivity contribution is 0.0916. The molecule has 3 nitrogen and oxygen atoms in total. The van der Waals surface area contributed by atoms with Gasteiger partial charge in [0, 0.05) is 30.4 Å². The zero-order valence-corrected chi connectivity index (χ0v) is 16.1. The number of halogens is 1. The summed E-state index contributed by atoms with van der Waals surface area (Å²) in [5.41, 5.74) is 3.32. The van der Waals surface area contributed by atoms with Crippen LogP contribution in [0.1, 0.15) is 48.9 Å².